The van der Waals surface area contributed by atoms with Crippen LogP contribution in [0, 0.1) is 0 Å². The molecule has 1 unspecified atom stereocenters. The zero-order chi connectivity index (χ0) is 29.5. The number of pyridine rings is 1. The standard InChI is InChI=1S/C38H34N3O2/c1-24(2)28-14-8-15-29(25(3)4)37(28)41-22-34(39-23-41)26-11-7-12-27(21-26)42-36-20-10-18-33(40-36)32-17-9-16-31-30-13-5-6-19-35(30)43-38(31)32/h5-25,34H,1-4H3/q+1. The van der Waals surface area contributed by atoms with E-state index in [9.17, 15) is 0 Å². The van der Waals surface area contributed by atoms with Crippen LogP contribution in [0.2, 0.25) is 0 Å². The molecule has 0 saturated carbocycles. The molecule has 0 saturated heterocycles. The van der Waals surface area contributed by atoms with Gasteiger partial charge in [-0.05, 0) is 42.2 Å². The summed E-state index contributed by atoms with van der Waals surface area (Å²) in [7, 11) is 0. The number of ether oxygens (including phenoxy) is 1. The molecule has 6 aromatic rings. The van der Waals surface area contributed by atoms with Gasteiger partial charge in [-0.2, -0.15) is 0 Å². The number of rotatable bonds is 7. The van der Waals surface area contributed by atoms with Crippen LogP contribution in [-0.4, -0.2) is 22.1 Å². The van der Waals surface area contributed by atoms with Gasteiger partial charge in [0, 0.05) is 39.1 Å². The Morgan fingerprint density at radius 2 is 1.47 bits per heavy atom. The van der Waals surface area contributed by atoms with Crippen molar-refractivity contribution < 1.29 is 13.7 Å². The summed E-state index contributed by atoms with van der Waals surface area (Å²) in [4.78, 5) is 9.74. The number of benzene rings is 4. The fraction of sp³-hybridized carbons (Fsp3) is 0.184. The van der Waals surface area contributed by atoms with Gasteiger partial charge in [-0.3, -0.25) is 0 Å². The van der Waals surface area contributed by atoms with E-state index in [2.05, 4.69) is 74.9 Å². The third-order valence-corrected chi connectivity index (χ3v) is 8.08. The summed E-state index contributed by atoms with van der Waals surface area (Å²) in [6.07, 6.45) is 4.15. The quantitative estimate of drug-likeness (QED) is 0.181. The summed E-state index contributed by atoms with van der Waals surface area (Å²) >= 11 is 0. The van der Waals surface area contributed by atoms with Crippen LogP contribution in [0.15, 0.2) is 113 Å². The summed E-state index contributed by atoms with van der Waals surface area (Å²) < 4.78 is 14.8. The molecule has 1 aliphatic heterocycles. The van der Waals surface area contributed by atoms with Gasteiger partial charge in [0.1, 0.15) is 28.8 Å². The molecule has 0 bridgehead atoms. The molecule has 4 aromatic carbocycles. The Bertz CT molecular complexity index is 2010. The Morgan fingerprint density at radius 3 is 2.28 bits per heavy atom. The van der Waals surface area contributed by atoms with E-state index in [0.717, 1.165) is 44.5 Å². The zero-order valence-electron chi connectivity index (χ0n) is 24.9. The largest absolute Gasteiger partial charge is 0.455 e. The van der Waals surface area contributed by atoms with Crippen molar-refractivity contribution in [3.05, 3.63) is 120 Å². The maximum atomic E-state index is 6.30. The zero-order valence-corrected chi connectivity index (χ0v) is 24.9. The SMILES string of the molecule is CC(C)c1cccc(C(C)C)c1[N+]1=CC(c2cccc(Oc3cccc(-c4cccc5c4oc4ccccc45)n3)c2)N=C1. The molecule has 0 amide bonds. The third-order valence-electron chi connectivity index (χ3n) is 8.08. The van der Waals surface area contributed by atoms with Crippen LogP contribution >= 0.6 is 0 Å². The minimum absolute atomic E-state index is 0.103. The Morgan fingerprint density at radius 1 is 0.744 bits per heavy atom. The van der Waals surface area contributed by atoms with Gasteiger partial charge in [0.2, 0.25) is 11.9 Å². The Labute approximate surface area is 251 Å². The lowest BCUT2D eigenvalue weighted by atomic mass is 9.92. The Hall–Kier alpha value is -5.03. The molecule has 0 fully saturated rings. The molecular weight excluding hydrogens is 530 g/mol. The first kappa shape index (κ1) is 26.8. The number of hydrogen-bond acceptors (Lipinski definition) is 4. The van der Waals surface area contributed by atoms with Gasteiger partial charge >= 0.3 is 0 Å². The Kier molecular flexibility index (Phi) is 6.86. The lowest BCUT2D eigenvalue weighted by Gasteiger charge is -2.16. The molecule has 7 rings (SSSR count). The third kappa shape index (κ3) is 5.01. The molecule has 2 aromatic heterocycles. The van der Waals surface area contributed by atoms with E-state index in [1.54, 1.807) is 0 Å². The van der Waals surface area contributed by atoms with E-state index >= 15 is 0 Å². The maximum Gasteiger partial charge on any atom is 0.286 e. The van der Waals surface area contributed by atoms with Crippen molar-refractivity contribution in [1.29, 1.82) is 0 Å². The number of fused-ring (bicyclic) bond motifs is 3. The van der Waals surface area contributed by atoms with Crippen LogP contribution in [0.3, 0.4) is 0 Å². The molecule has 0 spiro atoms. The van der Waals surface area contributed by atoms with Crippen LogP contribution in [0.1, 0.15) is 62.3 Å². The summed E-state index contributed by atoms with van der Waals surface area (Å²) in [6.45, 7) is 8.98. The maximum absolute atomic E-state index is 6.30. The van der Waals surface area contributed by atoms with E-state index in [-0.39, 0.29) is 6.04 Å². The first-order valence-corrected chi connectivity index (χ1v) is 14.9. The molecule has 43 heavy (non-hydrogen) atoms. The smallest absolute Gasteiger partial charge is 0.286 e. The minimum atomic E-state index is -0.103. The number of hydrogen-bond donors (Lipinski definition) is 0. The highest BCUT2D eigenvalue weighted by Gasteiger charge is 2.27. The molecule has 3 heterocycles. The monoisotopic (exact) mass is 564 g/mol. The molecule has 1 aliphatic rings. The fourth-order valence-corrected chi connectivity index (χ4v) is 5.94. The summed E-state index contributed by atoms with van der Waals surface area (Å²) in [5.41, 5.74) is 8.39. The summed E-state index contributed by atoms with van der Waals surface area (Å²) in [5.74, 6) is 2.06. The van der Waals surface area contributed by atoms with Gasteiger partial charge in [-0.1, -0.05) is 99.4 Å². The second kappa shape index (κ2) is 11.0. The number of para-hydroxylation sites is 3. The molecule has 5 nitrogen and oxygen atoms in total. The highest BCUT2D eigenvalue weighted by molar-refractivity contribution is 6.09. The van der Waals surface area contributed by atoms with Gasteiger partial charge in [-0.25, -0.2) is 9.56 Å². The minimum Gasteiger partial charge on any atom is -0.455 e. The van der Waals surface area contributed by atoms with E-state index < -0.39 is 0 Å². The highest BCUT2D eigenvalue weighted by atomic mass is 16.5. The highest BCUT2D eigenvalue weighted by Crippen LogP contribution is 2.37. The van der Waals surface area contributed by atoms with Crippen LogP contribution in [0.4, 0.5) is 5.69 Å². The van der Waals surface area contributed by atoms with Crippen molar-refractivity contribution in [2.75, 3.05) is 0 Å². The summed E-state index contributed by atoms with van der Waals surface area (Å²) in [6, 6.07) is 34.7. The summed E-state index contributed by atoms with van der Waals surface area (Å²) in [5, 5.41) is 2.18. The van der Waals surface area contributed by atoms with Gasteiger partial charge in [0.15, 0.2) is 0 Å². The normalized spacial score (nSPS) is 14.7. The van der Waals surface area contributed by atoms with Crippen molar-refractivity contribution in [3.63, 3.8) is 0 Å². The van der Waals surface area contributed by atoms with Crippen molar-refractivity contribution in [1.82, 2.24) is 4.98 Å². The number of nitrogens with zero attached hydrogens (tertiary/aromatic N) is 3. The molecule has 5 heteroatoms. The van der Waals surface area contributed by atoms with E-state index in [1.165, 1.54) is 16.8 Å². The fourth-order valence-electron chi connectivity index (χ4n) is 5.94. The lowest BCUT2D eigenvalue weighted by Crippen LogP contribution is -2.09. The second-order valence-corrected chi connectivity index (χ2v) is 11.7. The average molecular weight is 565 g/mol. The van der Waals surface area contributed by atoms with Crippen LogP contribution in [0.25, 0.3) is 33.2 Å². The first-order chi connectivity index (χ1) is 21.0. The lowest BCUT2D eigenvalue weighted by molar-refractivity contribution is -0.287. The molecule has 212 valence electrons. The number of aliphatic imine (C=N–C) groups is 1. The van der Waals surface area contributed by atoms with Crippen molar-refractivity contribution >= 4 is 40.2 Å². The number of furan rings is 1. The van der Waals surface area contributed by atoms with Gasteiger partial charge in [-0.15, -0.1) is 0 Å². The van der Waals surface area contributed by atoms with Crippen LogP contribution in [-0.2, 0) is 0 Å². The predicted molar refractivity (Wildman–Crippen MR) is 175 cm³/mol. The van der Waals surface area contributed by atoms with Gasteiger partial charge in [0.05, 0.1) is 5.69 Å². The average Bonchev–Trinajstić information content (AvgIpc) is 3.66. The molecule has 1 atom stereocenters. The van der Waals surface area contributed by atoms with Crippen molar-refractivity contribution in [3.8, 4) is 22.9 Å². The first-order valence-electron chi connectivity index (χ1n) is 14.9. The van der Waals surface area contributed by atoms with Gasteiger partial charge in [0.25, 0.3) is 6.34 Å². The van der Waals surface area contributed by atoms with E-state index in [1.807, 2.05) is 73.1 Å². The second-order valence-electron chi connectivity index (χ2n) is 11.7. The predicted octanol–water partition coefficient (Wildman–Crippen LogP) is 10.2. The molecular formula is C38H34N3O2+. The molecule has 0 radical (unpaired) electrons. The Balaban J connectivity index is 1.18. The molecule has 0 N–H and O–H groups in total. The van der Waals surface area contributed by atoms with Gasteiger partial charge < -0.3 is 9.15 Å². The van der Waals surface area contributed by atoms with Crippen LogP contribution in [0.5, 0.6) is 11.6 Å². The van der Waals surface area contributed by atoms with Crippen molar-refractivity contribution in [2.24, 2.45) is 4.99 Å². The molecule has 0 aliphatic carbocycles. The van der Waals surface area contributed by atoms with Crippen molar-refractivity contribution in [2.45, 2.75) is 45.6 Å². The van der Waals surface area contributed by atoms with E-state index in [4.69, 9.17) is 19.1 Å². The van der Waals surface area contributed by atoms with E-state index in [0.29, 0.717) is 17.7 Å². The number of aromatic nitrogens is 1. The topological polar surface area (TPSA) is 50.6 Å². The van der Waals surface area contributed by atoms with Crippen LogP contribution < -0.4 is 4.74 Å².